The minimum absolute atomic E-state index is 0.0694. The maximum absolute atomic E-state index is 13.1. The quantitative estimate of drug-likeness (QED) is 0.629. The van der Waals surface area contributed by atoms with E-state index in [0.717, 1.165) is 0 Å². The highest BCUT2D eigenvalue weighted by atomic mass is 32.1. The van der Waals surface area contributed by atoms with Gasteiger partial charge in [0.15, 0.2) is 0 Å². The lowest BCUT2D eigenvalue weighted by atomic mass is 9.85. The summed E-state index contributed by atoms with van der Waals surface area (Å²) in [5.41, 5.74) is -0.208. The first kappa shape index (κ1) is 18.2. The number of piperidine rings is 1. The number of thiocarbonyl (C=S) groups is 1. The summed E-state index contributed by atoms with van der Waals surface area (Å²) in [7, 11) is 1.38. The summed E-state index contributed by atoms with van der Waals surface area (Å²) < 4.78 is 4.97. The molecule has 0 aromatic heterocycles. The molecule has 5 nitrogen and oxygen atoms in total. The molecule has 6 heteroatoms. The summed E-state index contributed by atoms with van der Waals surface area (Å²) in [5, 5.41) is 3.11. The molecule has 0 aromatic rings. The Morgan fingerprint density at radius 2 is 1.91 bits per heavy atom. The third kappa shape index (κ3) is 3.10. The summed E-state index contributed by atoms with van der Waals surface area (Å²) in [6, 6.07) is -0.933. The smallest absolute Gasteiger partial charge is 0.328 e. The molecule has 130 valence electrons. The number of nitrogens with one attached hydrogen (secondary N) is 1. The molecule has 2 fully saturated rings. The zero-order valence-corrected chi connectivity index (χ0v) is 15.9. The summed E-state index contributed by atoms with van der Waals surface area (Å²) in [5.74, 6) is 0.168. The molecule has 0 bridgehead atoms. The number of carbonyl (C=O) groups is 2. The van der Waals surface area contributed by atoms with E-state index in [0.29, 0.717) is 17.5 Å². The van der Waals surface area contributed by atoms with Crippen LogP contribution in [0, 0.1) is 22.7 Å². The van der Waals surface area contributed by atoms with Gasteiger partial charge in [-0.3, -0.25) is 4.79 Å². The van der Waals surface area contributed by atoms with Crippen molar-refractivity contribution in [3.63, 3.8) is 0 Å². The Hall–Kier alpha value is -1.17. The SMILES string of the molecule is COC(=O)[C@@H]1[C@@H]2[C@H](CN1C(=O)[C@@H](NC(C)=S)C(C)(C)C)C2(C)C. The van der Waals surface area contributed by atoms with E-state index in [4.69, 9.17) is 17.0 Å². The molecule has 1 saturated heterocycles. The van der Waals surface area contributed by atoms with Crippen LogP contribution in [0.1, 0.15) is 41.5 Å². The van der Waals surface area contributed by atoms with Crippen LogP contribution in [0.5, 0.6) is 0 Å². The number of ether oxygens (including phenoxy) is 1. The van der Waals surface area contributed by atoms with Crippen LogP contribution < -0.4 is 5.32 Å². The molecular weight excluding hydrogens is 312 g/mol. The number of likely N-dealkylation sites (tertiary alicyclic amines) is 1. The maximum atomic E-state index is 13.1. The van der Waals surface area contributed by atoms with Gasteiger partial charge < -0.3 is 15.0 Å². The van der Waals surface area contributed by atoms with Gasteiger partial charge in [0.05, 0.1) is 12.1 Å². The van der Waals surface area contributed by atoms with Crippen molar-refractivity contribution >= 4 is 29.1 Å². The first-order valence-corrected chi connectivity index (χ1v) is 8.49. The van der Waals surface area contributed by atoms with E-state index in [-0.39, 0.29) is 28.6 Å². The highest BCUT2D eigenvalue weighted by molar-refractivity contribution is 7.80. The number of esters is 1. The van der Waals surface area contributed by atoms with Crippen molar-refractivity contribution in [2.75, 3.05) is 13.7 Å². The maximum Gasteiger partial charge on any atom is 0.328 e. The topological polar surface area (TPSA) is 58.6 Å². The largest absolute Gasteiger partial charge is 0.467 e. The van der Waals surface area contributed by atoms with Crippen LogP contribution in [-0.4, -0.2) is 47.5 Å². The van der Waals surface area contributed by atoms with E-state index < -0.39 is 12.1 Å². The monoisotopic (exact) mass is 340 g/mol. The van der Waals surface area contributed by atoms with Gasteiger partial charge in [0.25, 0.3) is 0 Å². The third-order valence-electron chi connectivity index (χ3n) is 5.39. The fourth-order valence-electron chi connectivity index (χ4n) is 3.92. The first-order chi connectivity index (χ1) is 10.4. The fourth-order valence-corrected chi connectivity index (χ4v) is 4.04. The van der Waals surface area contributed by atoms with E-state index in [2.05, 4.69) is 19.2 Å². The fraction of sp³-hybridized carbons (Fsp3) is 0.824. The minimum atomic E-state index is -0.482. The van der Waals surface area contributed by atoms with Crippen molar-refractivity contribution in [2.24, 2.45) is 22.7 Å². The Labute approximate surface area is 144 Å². The van der Waals surface area contributed by atoms with Gasteiger partial charge >= 0.3 is 5.97 Å². The van der Waals surface area contributed by atoms with Gasteiger partial charge in [0, 0.05) is 12.5 Å². The summed E-state index contributed by atoms with van der Waals surface area (Å²) >= 11 is 5.13. The van der Waals surface area contributed by atoms with Gasteiger partial charge in [0.1, 0.15) is 12.1 Å². The lowest BCUT2D eigenvalue weighted by Crippen LogP contribution is -2.57. The van der Waals surface area contributed by atoms with Crippen LogP contribution in [0.25, 0.3) is 0 Å². The highest BCUT2D eigenvalue weighted by Gasteiger charge is 2.70. The average Bonchev–Trinajstić information content (AvgIpc) is 2.80. The summed E-state index contributed by atoms with van der Waals surface area (Å²) in [6.45, 7) is 12.7. The summed E-state index contributed by atoms with van der Waals surface area (Å²) in [6.07, 6.45) is 0. The number of nitrogens with zero attached hydrogens (tertiary/aromatic N) is 1. The van der Waals surface area contributed by atoms with Crippen molar-refractivity contribution in [3.8, 4) is 0 Å². The molecular formula is C17H28N2O3S. The summed E-state index contributed by atoms with van der Waals surface area (Å²) in [4.78, 5) is 27.7. The Morgan fingerprint density at radius 1 is 1.35 bits per heavy atom. The van der Waals surface area contributed by atoms with Crippen LogP contribution in [-0.2, 0) is 14.3 Å². The zero-order valence-electron chi connectivity index (χ0n) is 15.1. The minimum Gasteiger partial charge on any atom is -0.467 e. The lowest BCUT2D eigenvalue weighted by molar-refractivity contribution is -0.154. The molecule has 0 spiro atoms. The van der Waals surface area contributed by atoms with Crippen LogP contribution in [0.2, 0.25) is 0 Å². The van der Waals surface area contributed by atoms with Gasteiger partial charge in [-0.05, 0) is 23.7 Å². The predicted molar refractivity (Wildman–Crippen MR) is 92.9 cm³/mol. The third-order valence-corrected chi connectivity index (χ3v) is 5.51. The number of hydrogen-bond acceptors (Lipinski definition) is 4. The number of rotatable bonds is 3. The van der Waals surface area contributed by atoms with Gasteiger partial charge in [-0.1, -0.05) is 46.8 Å². The molecule has 0 unspecified atom stereocenters. The Morgan fingerprint density at radius 3 is 2.35 bits per heavy atom. The molecule has 23 heavy (non-hydrogen) atoms. The van der Waals surface area contributed by atoms with Crippen molar-refractivity contribution in [3.05, 3.63) is 0 Å². The number of fused-ring (bicyclic) bond motifs is 1. The van der Waals surface area contributed by atoms with Gasteiger partial charge in [-0.15, -0.1) is 0 Å². The molecule has 2 aliphatic rings. The van der Waals surface area contributed by atoms with E-state index in [1.807, 2.05) is 20.8 Å². The first-order valence-electron chi connectivity index (χ1n) is 8.08. The van der Waals surface area contributed by atoms with E-state index in [9.17, 15) is 9.59 Å². The number of hydrogen-bond donors (Lipinski definition) is 1. The molecule has 1 heterocycles. The Kier molecular flexibility index (Phi) is 4.52. The van der Waals surface area contributed by atoms with Crippen molar-refractivity contribution in [1.29, 1.82) is 0 Å². The standard InChI is InChI=1S/C17H28N2O3S/c1-9(23)18-13(16(2,3)4)14(20)19-8-10-11(17(10,5)6)12(19)15(21)22-7/h10-13H,8H2,1-7H3,(H,18,23)/t10-,11-,12-,13+/m0/s1. The van der Waals surface area contributed by atoms with Gasteiger partial charge in [-0.25, -0.2) is 4.79 Å². The van der Waals surface area contributed by atoms with Gasteiger partial charge in [-0.2, -0.15) is 0 Å². The number of methoxy groups -OCH3 is 1. The Bertz CT molecular complexity index is 538. The molecule has 1 N–H and O–H groups in total. The van der Waals surface area contributed by atoms with E-state index in [1.165, 1.54) is 7.11 Å². The molecule has 1 aliphatic heterocycles. The second-order valence-electron chi connectivity index (χ2n) is 8.41. The highest BCUT2D eigenvalue weighted by Crippen LogP contribution is 2.65. The van der Waals surface area contributed by atoms with Crippen molar-refractivity contribution in [1.82, 2.24) is 10.2 Å². The molecule has 4 atom stereocenters. The van der Waals surface area contributed by atoms with Crippen molar-refractivity contribution in [2.45, 2.75) is 53.6 Å². The van der Waals surface area contributed by atoms with E-state index >= 15 is 0 Å². The van der Waals surface area contributed by atoms with Gasteiger partial charge in [0.2, 0.25) is 5.91 Å². The number of amides is 1. The van der Waals surface area contributed by atoms with Crippen LogP contribution in [0.3, 0.4) is 0 Å². The molecule has 1 aliphatic carbocycles. The predicted octanol–water partition coefficient (Wildman–Crippen LogP) is 1.99. The zero-order chi connectivity index (χ0) is 17.7. The molecule has 2 rings (SSSR count). The lowest BCUT2D eigenvalue weighted by Gasteiger charge is -2.37. The second-order valence-corrected chi connectivity index (χ2v) is 9.02. The van der Waals surface area contributed by atoms with Crippen LogP contribution >= 0.6 is 12.2 Å². The Balaban J connectivity index is 2.27. The van der Waals surface area contributed by atoms with Crippen LogP contribution in [0.4, 0.5) is 0 Å². The van der Waals surface area contributed by atoms with Crippen molar-refractivity contribution < 1.29 is 14.3 Å². The van der Waals surface area contributed by atoms with Crippen LogP contribution in [0.15, 0.2) is 0 Å². The number of carbonyl (C=O) groups excluding carboxylic acids is 2. The molecule has 1 amide bonds. The average molecular weight is 340 g/mol. The molecule has 1 saturated carbocycles. The molecule has 0 radical (unpaired) electrons. The normalized spacial score (nSPS) is 29.5. The van der Waals surface area contributed by atoms with E-state index in [1.54, 1.807) is 11.8 Å². The second kappa shape index (κ2) is 5.72. The molecule has 0 aromatic carbocycles.